The Bertz CT molecular complexity index is 1300. The standard InChI is InChI=1S/C24H21N3O4S/c1-16-7-9-17(10-8-16)15-21-22(26-18-11-13-20(14-12-18)32(25,30)31)24(29)27(23(21)28)19-5-3-2-4-6-19/h2-15,22,26H,1H3,(H2,25,30,31). The Hall–Kier alpha value is -3.75. The lowest BCUT2D eigenvalue weighted by atomic mass is 10.0. The third-order valence-electron chi connectivity index (χ3n) is 5.14. The summed E-state index contributed by atoms with van der Waals surface area (Å²) < 4.78 is 23.0. The molecule has 8 heteroatoms. The summed E-state index contributed by atoms with van der Waals surface area (Å²) in [5.74, 6) is -0.837. The topological polar surface area (TPSA) is 110 Å². The van der Waals surface area contributed by atoms with E-state index in [1.54, 1.807) is 36.4 Å². The lowest BCUT2D eigenvalue weighted by Gasteiger charge is -2.15. The molecule has 0 spiro atoms. The number of carbonyl (C=O) groups is 2. The van der Waals surface area contributed by atoms with Gasteiger partial charge in [0.2, 0.25) is 10.0 Å². The molecule has 0 bridgehead atoms. The molecule has 32 heavy (non-hydrogen) atoms. The fraction of sp³-hybridized carbons (Fsp3) is 0.0833. The van der Waals surface area contributed by atoms with E-state index in [1.807, 2.05) is 31.2 Å². The molecule has 3 N–H and O–H groups in total. The highest BCUT2D eigenvalue weighted by Crippen LogP contribution is 2.30. The minimum Gasteiger partial charge on any atom is -0.370 e. The number of anilines is 2. The number of sulfonamides is 1. The minimum absolute atomic E-state index is 0.0433. The fourth-order valence-electron chi connectivity index (χ4n) is 3.47. The predicted octanol–water partition coefficient (Wildman–Crippen LogP) is 3.08. The number of nitrogens with one attached hydrogen (secondary N) is 1. The van der Waals surface area contributed by atoms with Crippen LogP contribution in [0.5, 0.6) is 0 Å². The second kappa shape index (κ2) is 8.41. The number of nitrogens with zero attached hydrogens (tertiary/aromatic N) is 1. The average Bonchev–Trinajstić information content (AvgIpc) is 2.99. The van der Waals surface area contributed by atoms with Gasteiger partial charge in [0.25, 0.3) is 11.8 Å². The zero-order valence-corrected chi connectivity index (χ0v) is 18.0. The number of hydrogen-bond donors (Lipinski definition) is 2. The first-order chi connectivity index (χ1) is 15.2. The third-order valence-corrected chi connectivity index (χ3v) is 6.07. The van der Waals surface area contributed by atoms with Crippen molar-refractivity contribution in [2.24, 2.45) is 5.14 Å². The number of primary sulfonamides is 1. The zero-order chi connectivity index (χ0) is 22.9. The van der Waals surface area contributed by atoms with Crippen molar-refractivity contribution in [3.63, 3.8) is 0 Å². The molecule has 3 aromatic carbocycles. The van der Waals surface area contributed by atoms with Gasteiger partial charge in [-0.3, -0.25) is 9.59 Å². The number of rotatable bonds is 5. The Kier molecular flexibility index (Phi) is 5.65. The molecule has 0 aliphatic carbocycles. The number of aryl methyl sites for hydroxylation is 1. The highest BCUT2D eigenvalue weighted by Gasteiger charge is 2.44. The van der Waals surface area contributed by atoms with E-state index in [2.05, 4.69) is 5.32 Å². The van der Waals surface area contributed by atoms with E-state index in [0.717, 1.165) is 16.0 Å². The highest BCUT2D eigenvalue weighted by molar-refractivity contribution is 7.89. The third kappa shape index (κ3) is 4.32. The molecular weight excluding hydrogens is 426 g/mol. The molecule has 3 aromatic rings. The summed E-state index contributed by atoms with van der Waals surface area (Å²) in [4.78, 5) is 27.7. The van der Waals surface area contributed by atoms with Crippen LogP contribution in [-0.4, -0.2) is 26.3 Å². The maximum atomic E-state index is 13.3. The quantitative estimate of drug-likeness (QED) is 0.461. The number of carbonyl (C=O) groups excluding carboxylic acids is 2. The van der Waals surface area contributed by atoms with Crippen LogP contribution >= 0.6 is 0 Å². The summed E-state index contributed by atoms with van der Waals surface area (Å²) in [6.45, 7) is 1.97. The van der Waals surface area contributed by atoms with Crippen LogP contribution in [0.4, 0.5) is 11.4 Å². The monoisotopic (exact) mass is 447 g/mol. The molecule has 1 heterocycles. The molecule has 1 saturated heterocycles. The van der Waals surface area contributed by atoms with Gasteiger partial charge in [-0.2, -0.15) is 0 Å². The summed E-state index contributed by atoms with van der Waals surface area (Å²) in [6.07, 6.45) is 1.69. The van der Waals surface area contributed by atoms with Gasteiger partial charge in [-0.1, -0.05) is 48.0 Å². The Morgan fingerprint density at radius 2 is 1.53 bits per heavy atom. The van der Waals surface area contributed by atoms with Crippen LogP contribution < -0.4 is 15.4 Å². The van der Waals surface area contributed by atoms with E-state index in [-0.39, 0.29) is 4.90 Å². The van der Waals surface area contributed by atoms with Gasteiger partial charge >= 0.3 is 0 Å². The Balaban J connectivity index is 1.73. The second-order valence-electron chi connectivity index (χ2n) is 7.47. The van der Waals surface area contributed by atoms with E-state index in [0.29, 0.717) is 16.9 Å². The van der Waals surface area contributed by atoms with Crippen LogP contribution in [0.1, 0.15) is 11.1 Å². The molecule has 162 valence electrons. The van der Waals surface area contributed by atoms with E-state index in [4.69, 9.17) is 5.14 Å². The number of hydrogen-bond acceptors (Lipinski definition) is 5. The summed E-state index contributed by atoms with van der Waals surface area (Å²) in [5, 5.41) is 8.21. The van der Waals surface area contributed by atoms with Crippen LogP contribution in [0.25, 0.3) is 6.08 Å². The van der Waals surface area contributed by atoms with Crippen molar-refractivity contribution in [3.8, 4) is 0 Å². The fourth-order valence-corrected chi connectivity index (χ4v) is 3.99. The predicted molar refractivity (Wildman–Crippen MR) is 123 cm³/mol. The smallest absolute Gasteiger partial charge is 0.263 e. The summed E-state index contributed by atoms with van der Waals surface area (Å²) in [5.41, 5.74) is 3.12. The number of benzene rings is 3. The van der Waals surface area contributed by atoms with Gasteiger partial charge in [0.05, 0.1) is 16.2 Å². The molecule has 1 unspecified atom stereocenters. The van der Waals surface area contributed by atoms with E-state index in [9.17, 15) is 18.0 Å². The molecule has 7 nitrogen and oxygen atoms in total. The Morgan fingerprint density at radius 1 is 0.906 bits per heavy atom. The number of nitrogens with two attached hydrogens (primary N) is 1. The van der Waals surface area contributed by atoms with Crippen molar-refractivity contribution < 1.29 is 18.0 Å². The first kappa shape index (κ1) is 21.5. The maximum Gasteiger partial charge on any atom is 0.263 e. The van der Waals surface area contributed by atoms with Crippen LogP contribution in [-0.2, 0) is 19.6 Å². The lowest BCUT2D eigenvalue weighted by molar-refractivity contribution is -0.121. The molecule has 2 amide bonds. The Morgan fingerprint density at radius 3 is 2.12 bits per heavy atom. The zero-order valence-electron chi connectivity index (χ0n) is 17.2. The Labute approximate surface area is 186 Å². The SMILES string of the molecule is Cc1ccc(C=C2C(=O)N(c3ccccc3)C(=O)C2Nc2ccc(S(N)(=O)=O)cc2)cc1. The largest absolute Gasteiger partial charge is 0.370 e. The van der Waals surface area contributed by atoms with Gasteiger partial charge in [0.15, 0.2) is 0 Å². The minimum atomic E-state index is -3.83. The first-order valence-corrected chi connectivity index (χ1v) is 11.4. The van der Waals surface area contributed by atoms with Crippen molar-refractivity contribution in [1.82, 2.24) is 0 Å². The molecule has 0 aromatic heterocycles. The van der Waals surface area contributed by atoms with Crippen molar-refractivity contribution in [1.29, 1.82) is 0 Å². The lowest BCUT2D eigenvalue weighted by Crippen LogP contribution is -2.34. The van der Waals surface area contributed by atoms with E-state index < -0.39 is 27.9 Å². The molecule has 1 aliphatic rings. The van der Waals surface area contributed by atoms with Crippen molar-refractivity contribution in [3.05, 3.63) is 95.6 Å². The summed E-state index contributed by atoms with van der Waals surface area (Å²) in [7, 11) is -3.83. The van der Waals surface area contributed by atoms with Crippen LogP contribution in [0, 0.1) is 6.92 Å². The number of amides is 2. The van der Waals surface area contributed by atoms with Crippen LogP contribution in [0.2, 0.25) is 0 Å². The molecule has 1 aliphatic heterocycles. The van der Waals surface area contributed by atoms with Gasteiger partial charge < -0.3 is 5.32 Å². The highest BCUT2D eigenvalue weighted by atomic mass is 32.2. The van der Waals surface area contributed by atoms with Gasteiger partial charge in [0.1, 0.15) is 6.04 Å². The van der Waals surface area contributed by atoms with Gasteiger partial charge in [0, 0.05) is 5.69 Å². The summed E-state index contributed by atoms with van der Waals surface area (Å²) in [6, 6.07) is 21.1. The first-order valence-electron chi connectivity index (χ1n) is 9.85. The second-order valence-corrected chi connectivity index (χ2v) is 9.03. The molecule has 0 saturated carbocycles. The van der Waals surface area contributed by atoms with E-state index >= 15 is 0 Å². The van der Waals surface area contributed by atoms with Crippen LogP contribution in [0.15, 0.2) is 89.3 Å². The number of imide groups is 1. The van der Waals surface area contributed by atoms with Gasteiger partial charge in [-0.25, -0.2) is 18.5 Å². The van der Waals surface area contributed by atoms with Crippen molar-refractivity contribution in [2.75, 3.05) is 10.2 Å². The van der Waals surface area contributed by atoms with Crippen molar-refractivity contribution in [2.45, 2.75) is 17.9 Å². The normalized spacial score (nSPS) is 17.8. The molecule has 1 fully saturated rings. The molecule has 4 rings (SSSR count). The number of para-hydroxylation sites is 1. The van der Waals surface area contributed by atoms with Gasteiger partial charge in [-0.15, -0.1) is 0 Å². The van der Waals surface area contributed by atoms with Crippen LogP contribution in [0.3, 0.4) is 0 Å². The molecule has 1 atom stereocenters. The van der Waals surface area contributed by atoms with E-state index in [1.165, 1.54) is 24.3 Å². The summed E-state index contributed by atoms with van der Waals surface area (Å²) >= 11 is 0. The maximum absolute atomic E-state index is 13.3. The molecule has 0 radical (unpaired) electrons. The molecular formula is C24H21N3O4S. The average molecular weight is 448 g/mol. The van der Waals surface area contributed by atoms with Crippen molar-refractivity contribution >= 4 is 39.3 Å². The van der Waals surface area contributed by atoms with Gasteiger partial charge in [-0.05, 0) is 55.0 Å².